The number of carbonyl (C=O) groups is 3. The second-order valence-corrected chi connectivity index (χ2v) is 14.3. The molecule has 0 unspecified atom stereocenters. The molecule has 2 saturated carbocycles. The number of hydrogen-bond acceptors (Lipinski definition) is 3. The minimum absolute atomic E-state index is 0.0152. The first-order chi connectivity index (χ1) is 17.6. The summed E-state index contributed by atoms with van der Waals surface area (Å²) in [6.45, 7) is 17.4. The fourth-order valence-electron chi connectivity index (χ4n) is 6.06. The third-order valence-corrected chi connectivity index (χ3v) is 8.91. The Morgan fingerprint density at radius 1 is 0.605 bits per heavy atom. The van der Waals surface area contributed by atoms with Crippen molar-refractivity contribution >= 4 is 34.8 Å². The Labute approximate surface area is 230 Å². The summed E-state index contributed by atoms with van der Waals surface area (Å²) >= 11 is 0. The quantitative estimate of drug-likeness (QED) is 0.353. The Bertz CT molecular complexity index is 920. The van der Waals surface area contributed by atoms with E-state index < -0.39 is 0 Å². The summed E-state index contributed by atoms with van der Waals surface area (Å²) in [6, 6.07) is 5.37. The Hall–Kier alpha value is -2.37. The lowest BCUT2D eigenvalue weighted by atomic mass is 9.69. The van der Waals surface area contributed by atoms with E-state index in [1.165, 1.54) is 0 Å². The molecule has 0 radical (unpaired) electrons. The summed E-state index contributed by atoms with van der Waals surface area (Å²) in [4.78, 5) is 38.8. The van der Waals surface area contributed by atoms with Crippen LogP contribution in [0.2, 0.25) is 0 Å². The van der Waals surface area contributed by atoms with Crippen molar-refractivity contribution in [1.29, 1.82) is 0 Å². The zero-order valence-electron chi connectivity index (χ0n) is 25.0. The van der Waals surface area contributed by atoms with Gasteiger partial charge in [0.05, 0.1) is 0 Å². The van der Waals surface area contributed by atoms with Crippen molar-refractivity contribution in [3.8, 4) is 0 Å². The smallest absolute Gasteiger partial charge is 0.227 e. The number of rotatable bonds is 6. The molecular weight excluding hydrogens is 474 g/mol. The average Bonchev–Trinajstić information content (AvgIpc) is 2.83. The van der Waals surface area contributed by atoms with E-state index >= 15 is 0 Å². The number of amides is 3. The highest BCUT2D eigenvalue weighted by Crippen LogP contribution is 2.41. The molecule has 2 aliphatic rings. The van der Waals surface area contributed by atoms with Gasteiger partial charge in [0.2, 0.25) is 17.7 Å². The van der Waals surface area contributed by atoms with Crippen molar-refractivity contribution in [3.63, 3.8) is 0 Å². The van der Waals surface area contributed by atoms with Gasteiger partial charge >= 0.3 is 0 Å². The first kappa shape index (κ1) is 30.2. The third kappa shape index (κ3) is 8.31. The van der Waals surface area contributed by atoms with Crippen LogP contribution in [-0.2, 0) is 14.4 Å². The number of anilines is 3. The highest BCUT2D eigenvalue weighted by Gasteiger charge is 2.33. The number of nitrogens with one attached hydrogen (secondary N) is 3. The molecule has 6 nitrogen and oxygen atoms in total. The number of benzene rings is 1. The van der Waals surface area contributed by atoms with E-state index in [4.69, 9.17) is 0 Å². The Morgan fingerprint density at radius 2 is 0.921 bits per heavy atom. The van der Waals surface area contributed by atoms with Crippen molar-refractivity contribution in [2.24, 2.45) is 40.4 Å². The lowest BCUT2D eigenvalue weighted by Crippen LogP contribution is -2.32. The summed E-state index contributed by atoms with van der Waals surface area (Å²) in [5, 5.41) is 9.10. The van der Waals surface area contributed by atoms with Crippen LogP contribution in [0.1, 0.15) is 107 Å². The standard InChI is InChI=1S/C32H51N3O3/c1-20(2)28(36)33-25-17-26(34-29(37)21-9-13-23(14-10-21)31(3,4)5)19-27(18-25)35-30(38)22-11-15-24(16-12-22)32(6,7)8/h17-24H,9-16H2,1-8H3,(H,33,36)(H,34,37)(H,35,38)/t21-,22-,23+,24+. The zero-order chi connectivity index (χ0) is 28.3. The summed E-state index contributed by atoms with van der Waals surface area (Å²) in [5.41, 5.74) is 2.31. The van der Waals surface area contributed by atoms with Crippen LogP contribution >= 0.6 is 0 Å². The maximum absolute atomic E-state index is 13.2. The van der Waals surface area contributed by atoms with Crippen LogP contribution in [0.3, 0.4) is 0 Å². The Balaban J connectivity index is 1.70. The van der Waals surface area contributed by atoms with Gasteiger partial charge in [0.1, 0.15) is 0 Å². The molecule has 38 heavy (non-hydrogen) atoms. The Morgan fingerprint density at radius 3 is 1.21 bits per heavy atom. The molecule has 0 saturated heterocycles. The van der Waals surface area contributed by atoms with Gasteiger partial charge in [-0.05, 0) is 92.2 Å². The normalized spacial score (nSPS) is 24.6. The van der Waals surface area contributed by atoms with Crippen molar-refractivity contribution in [2.45, 2.75) is 107 Å². The fourth-order valence-corrected chi connectivity index (χ4v) is 6.06. The van der Waals surface area contributed by atoms with Gasteiger partial charge in [-0.25, -0.2) is 0 Å². The molecule has 0 heterocycles. The van der Waals surface area contributed by atoms with Gasteiger partial charge in [-0.3, -0.25) is 14.4 Å². The molecule has 1 aromatic rings. The van der Waals surface area contributed by atoms with Gasteiger partial charge < -0.3 is 16.0 Å². The average molecular weight is 526 g/mol. The monoisotopic (exact) mass is 525 g/mol. The molecule has 2 fully saturated rings. The van der Waals surface area contributed by atoms with Crippen LogP contribution in [0, 0.1) is 40.4 Å². The minimum atomic E-state index is -0.178. The van der Waals surface area contributed by atoms with Gasteiger partial charge in [0.25, 0.3) is 0 Å². The van der Waals surface area contributed by atoms with Crippen molar-refractivity contribution in [3.05, 3.63) is 18.2 Å². The Kier molecular flexibility index (Phi) is 9.70. The van der Waals surface area contributed by atoms with Crippen LogP contribution < -0.4 is 16.0 Å². The SMILES string of the molecule is CC(C)C(=O)Nc1cc(NC(=O)[C@H]2CC[C@@H](C(C)(C)C)CC2)cc(NC(=O)[C@H]2CC[C@@H](C(C)(C)C)CC2)c1. The molecule has 1 aromatic carbocycles. The van der Waals surface area contributed by atoms with Crippen molar-refractivity contribution in [1.82, 2.24) is 0 Å². The lowest BCUT2D eigenvalue weighted by Gasteiger charge is -2.36. The minimum Gasteiger partial charge on any atom is -0.326 e. The maximum atomic E-state index is 13.2. The summed E-state index contributed by atoms with van der Waals surface area (Å²) in [6.07, 6.45) is 7.79. The predicted molar refractivity (Wildman–Crippen MR) is 157 cm³/mol. The topological polar surface area (TPSA) is 87.3 Å². The van der Waals surface area contributed by atoms with E-state index in [0.717, 1.165) is 51.4 Å². The molecule has 0 aliphatic heterocycles. The second-order valence-electron chi connectivity index (χ2n) is 14.3. The van der Waals surface area contributed by atoms with E-state index in [1.54, 1.807) is 12.1 Å². The largest absolute Gasteiger partial charge is 0.326 e. The van der Waals surface area contributed by atoms with Gasteiger partial charge in [-0.1, -0.05) is 55.4 Å². The van der Waals surface area contributed by atoms with E-state index in [1.807, 2.05) is 19.9 Å². The zero-order valence-corrected chi connectivity index (χ0v) is 25.0. The fraction of sp³-hybridized carbons (Fsp3) is 0.719. The van der Waals surface area contributed by atoms with E-state index in [2.05, 4.69) is 57.5 Å². The van der Waals surface area contributed by atoms with Gasteiger partial charge in [0, 0.05) is 34.8 Å². The molecular formula is C32H51N3O3. The number of hydrogen-bond donors (Lipinski definition) is 3. The van der Waals surface area contributed by atoms with Crippen LogP contribution in [0.4, 0.5) is 17.1 Å². The van der Waals surface area contributed by atoms with Gasteiger partial charge in [-0.15, -0.1) is 0 Å². The second kappa shape index (κ2) is 12.2. The number of carbonyl (C=O) groups excluding carboxylic acids is 3. The molecule has 2 aliphatic carbocycles. The van der Waals surface area contributed by atoms with Crippen molar-refractivity contribution in [2.75, 3.05) is 16.0 Å². The van der Waals surface area contributed by atoms with E-state index in [9.17, 15) is 14.4 Å². The van der Waals surface area contributed by atoms with Crippen LogP contribution in [0.15, 0.2) is 18.2 Å². The molecule has 0 spiro atoms. The summed E-state index contributed by atoms with van der Waals surface area (Å²) in [5.74, 6) is 0.999. The van der Waals surface area contributed by atoms with E-state index in [0.29, 0.717) is 28.9 Å². The molecule has 0 aromatic heterocycles. The maximum Gasteiger partial charge on any atom is 0.227 e. The van der Waals surface area contributed by atoms with Gasteiger partial charge in [-0.2, -0.15) is 0 Å². The molecule has 6 heteroatoms. The summed E-state index contributed by atoms with van der Waals surface area (Å²) < 4.78 is 0. The predicted octanol–water partition coefficient (Wildman–Crippen LogP) is 7.86. The molecule has 3 rings (SSSR count). The van der Waals surface area contributed by atoms with Crippen LogP contribution in [0.25, 0.3) is 0 Å². The first-order valence-electron chi connectivity index (χ1n) is 14.7. The highest BCUT2D eigenvalue weighted by atomic mass is 16.2. The molecule has 3 N–H and O–H groups in total. The first-order valence-corrected chi connectivity index (χ1v) is 14.7. The van der Waals surface area contributed by atoms with E-state index in [-0.39, 0.29) is 46.3 Å². The van der Waals surface area contributed by atoms with Crippen LogP contribution in [-0.4, -0.2) is 17.7 Å². The van der Waals surface area contributed by atoms with Gasteiger partial charge in [0.15, 0.2) is 0 Å². The van der Waals surface area contributed by atoms with Crippen LogP contribution in [0.5, 0.6) is 0 Å². The highest BCUT2D eigenvalue weighted by molar-refractivity contribution is 5.99. The molecule has 0 bridgehead atoms. The molecule has 0 atom stereocenters. The molecule has 3 amide bonds. The van der Waals surface area contributed by atoms with Crippen molar-refractivity contribution < 1.29 is 14.4 Å². The third-order valence-electron chi connectivity index (χ3n) is 8.91. The summed E-state index contributed by atoms with van der Waals surface area (Å²) in [7, 11) is 0. The lowest BCUT2D eigenvalue weighted by molar-refractivity contribution is -0.122. The molecule has 212 valence electrons.